The number of imide groups is 1. The van der Waals surface area contributed by atoms with E-state index >= 15 is 0 Å². The molecule has 0 N–H and O–H groups in total. The van der Waals surface area contributed by atoms with Gasteiger partial charge in [0.15, 0.2) is 0 Å². The van der Waals surface area contributed by atoms with Crippen LogP contribution in [0.15, 0.2) is 42.5 Å². The number of para-hydroxylation sites is 2. The van der Waals surface area contributed by atoms with E-state index in [4.69, 9.17) is 28.2 Å². The van der Waals surface area contributed by atoms with E-state index < -0.39 is 6.04 Å². The molecule has 1 atom stereocenters. The van der Waals surface area contributed by atoms with E-state index in [0.29, 0.717) is 17.3 Å². The van der Waals surface area contributed by atoms with Crippen LogP contribution in [0.25, 0.3) is 11.0 Å². The van der Waals surface area contributed by atoms with Gasteiger partial charge in [0.25, 0.3) is 5.91 Å². The van der Waals surface area contributed by atoms with Crippen molar-refractivity contribution >= 4 is 57.7 Å². The Morgan fingerprint density at radius 1 is 1.00 bits per heavy atom. The maximum atomic E-state index is 13.2. The van der Waals surface area contributed by atoms with E-state index in [1.807, 2.05) is 29.2 Å². The zero-order chi connectivity index (χ0) is 19.4. The zero-order valence-electron chi connectivity index (χ0n) is 14.8. The third kappa shape index (κ3) is 2.52. The number of rotatable bonds is 2. The average molecular weight is 415 g/mol. The van der Waals surface area contributed by atoms with E-state index in [9.17, 15) is 9.59 Å². The van der Waals surface area contributed by atoms with Crippen LogP contribution in [0.4, 0.5) is 11.6 Å². The number of imidazole rings is 1. The number of carbonyl (C=O) groups is 2. The Morgan fingerprint density at radius 2 is 1.82 bits per heavy atom. The molecule has 3 aromatic rings. The first-order valence-corrected chi connectivity index (χ1v) is 9.84. The van der Waals surface area contributed by atoms with E-state index in [1.54, 1.807) is 18.2 Å². The molecule has 2 aromatic carbocycles. The van der Waals surface area contributed by atoms with Crippen LogP contribution in [0.3, 0.4) is 0 Å². The largest absolute Gasteiger partial charge is 0.330 e. The molecule has 1 saturated heterocycles. The van der Waals surface area contributed by atoms with Crippen LogP contribution < -0.4 is 9.80 Å². The lowest BCUT2D eigenvalue weighted by molar-refractivity contribution is -0.121. The Kier molecular flexibility index (Phi) is 4.07. The van der Waals surface area contributed by atoms with Crippen LogP contribution in [0, 0.1) is 0 Å². The molecular formula is C20H16Cl2N4O2. The van der Waals surface area contributed by atoms with Gasteiger partial charge in [0, 0.05) is 13.1 Å². The molecule has 5 rings (SSSR count). The van der Waals surface area contributed by atoms with Crippen LogP contribution in [-0.2, 0) is 16.1 Å². The first-order valence-electron chi connectivity index (χ1n) is 9.09. The lowest BCUT2D eigenvalue weighted by atomic mass is 10.2. The van der Waals surface area contributed by atoms with Crippen LogP contribution in [-0.4, -0.2) is 34.0 Å². The predicted molar refractivity (Wildman–Crippen MR) is 109 cm³/mol. The summed E-state index contributed by atoms with van der Waals surface area (Å²) in [4.78, 5) is 33.8. The van der Waals surface area contributed by atoms with E-state index in [0.717, 1.165) is 34.8 Å². The topological polar surface area (TPSA) is 58.4 Å². The molecule has 1 unspecified atom stereocenters. The summed E-state index contributed by atoms with van der Waals surface area (Å²) >= 11 is 12.3. The molecule has 2 aliphatic heterocycles. The number of hydrogen-bond donors (Lipinski definition) is 0. The minimum atomic E-state index is -0.599. The Bertz CT molecular complexity index is 1130. The van der Waals surface area contributed by atoms with Crippen molar-refractivity contribution in [3.05, 3.63) is 52.5 Å². The smallest absolute Gasteiger partial charge is 0.257 e. The Labute approximate surface area is 171 Å². The minimum Gasteiger partial charge on any atom is -0.330 e. The SMILES string of the molecule is O=C1CC(N2CCCn3c2nc2ccccc23)C(=O)N1c1cccc(Cl)c1Cl. The number of halogens is 2. The summed E-state index contributed by atoms with van der Waals surface area (Å²) in [5.74, 6) is 0.153. The number of fused-ring (bicyclic) bond motifs is 3. The van der Waals surface area contributed by atoms with Crippen LogP contribution in [0.1, 0.15) is 12.8 Å². The number of aryl methyl sites for hydroxylation is 1. The Morgan fingerprint density at radius 3 is 2.68 bits per heavy atom. The van der Waals surface area contributed by atoms with Crippen LogP contribution >= 0.6 is 23.2 Å². The summed E-state index contributed by atoms with van der Waals surface area (Å²) in [6.45, 7) is 1.51. The van der Waals surface area contributed by atoms with Crippen molar-refractivity contribution in [2.45, 2.75) is 25.4 Å². The fraction of sp³-hybridized carbons (Fsp3) is 0.250. The lowest BCUT2D eigenvalue weighted by Gasteiger charge is -2.32. The standard InChI is InChI=1S/C20H16Cl2N4O2/c21-12-5-3-8-15(18(12)22)26-17(27)11-16(19(26)28)25-10-4-9-24-14-7-2-1-6-13(14)23-20(24)25/h1-3,5-8,16H,4,9-11H2. The molecule has 142 valence electrons. The molecule has 0 spiro atoms. The van der Waals surface area contributed by atoms with Gasteiger partial charge in [-0.1, -0.05) is 41.4 Å². The van der Waals surface area contributed by atoms with E-state index in [2.05, 4.69) is 4.57 Å². The number of nitrogens with zero attached hydrogens (tertiary/aromatic N) is 4. The van der Waals surface area contributed by atoms with Gasteiger partial charge in [0.1, 0.15) is 6.04 Å². The maximum absolute atomic E-state index is 13.2. The van der Waals surface area contributed by atoms with Crippen molar-refractivity contribution in [3.63, 3.8) is 0 Å². The molecule has 6 nitrogen and oxygen atoms in total. The van der Waals surface area contributed by atoms with Crippen molar-refractivity contribution in [2.24, 2.45) is 0 Å². The first-order chi connectivity index (χ1) is 13.6. The summed E-state index contributed by atoms with van der Waals surface area (Å²) < 4.78 is 2.12. The number of hydrogen-bond acceptors (Lipinski definition) is 4. The first kappa shape index (κ1) is 17.5. The maximum Gasteiger partial charge on any atom is 0.257 e. The van der Waals surface area contributed by atoms with Gasteiger partial charge >= 0.3 is 0 Å². The minimum absolute atomic E-state index is 0.0882. The van der Waals surface area contributed by atoms with Crippen molar-refractivity contribution in [3.8, 4) is 0 Å². The van der Waals surface area contributed by atoms with Crippen LogP contribution in [0.5, 0.6) is 0 Å². The third-order valence-corrected chi connectivity index (χ3v) is 6.15. The molecule has 0 saturated carbocycles. The Balaban J connectivity index is 1.55. The van der Waals surface area contributed by atoms with Gasteiger partial charge in [0.05, 0.1) is 33.2 Å². The van der Waals surface area contributed by atoms with Gasteiger partial charge < -0.3 is 9.47 Å². The Hall–Kier alpha value is -2.57. The number of anilines is 2. The summed E-state index contributed by atoms with van der Waals surface area (Å²) in [5, 5.41) is 0.514. The molecule has 0 radical (unpaired) electrons. The van der Waals surface area contributed by atoms with Crippen LogP contribution in [0.2, 0.25) is 10.0 Å². The molecule has 0 aliphatic carbocycles. The average Bonchev–Trinajstić information content (AvgIpc) is 3.21. The molecule has 2 amide bonds. The summed E-state index contributed by atoms with van der Waals surface area (Å²) in [7, 11) is 0. The van der Waals surface area contributed by atoms with Gasteiger partial charge in [-0.3, -0.25) is 9.59 Å². The number of benzene rings is 2. The second-order valence-electron chi connectivity index (χ2n) is 6.96. The summed E-state index contributed by atoms with van der Waals surface area (Å²) in [6.07, 6.45) is 0.966. The normalized spacial score (nSPS) is 19.6. The predicted octanol–water partition coefficient (Wildman–Crippen LogP) is 3.89. The zero-order valence-corrected chi connectivity index (χ0v) is 16.3. The van der Waals surface area contributed by atoms with Gasteiger partial charge in [-0.25, -0.2) is 9.88 Å². The van der Waals surface area contributed by atoms with Gasteiger partial charge in [-0.05, 0) is 30.7 Å². The summed E-state index contributed by atoms with van der Waals surface area (Å²) in [6, 6.07) is 12.2. The fourth-order valence-corrected chi connectivity index (χ4v) is 4.45. The number of amides is 2. The molecular weight excluding hydrogens is 399 g/mol. The van der Waals surface area contributed by atoms with Gasteiger partial charge in [0.2, 0.25) is 11.9 Å². The van der Waals surface area contributed by atoms with Crippen molar-refractivity contribution in [1.29, 1.82) is 0 Å². The molecule has 1 aromatic heterocycles. The van der Waals surface area contributed by atoms with Crippen molar-refractivity contribution in [1.82, 2.24) is 9.55 Å². The molecule has 2 aliphatic rings. The van der Waals surface area contributed by atoms with Crippen molar-refractivity contribution in [2.75, 3.05) is 16.3 Å². The highest BCUT2D eigenvalue weighted by atomic mass is 35.5. The molecule has 28 heavy (non-hydrogen) atoms. The quantitative estimate of drug-likeness (QED) is 0.596. The molecule has 1 fully saturated rings. The highest BCUT2D eigenvalue weighted by Gasteiger charge is 2.45. The molecule has 8 heteroatoms. The number of aromatic nitrogens is 2. The van der Waals surface area contributed by atoms with Crippen molar-refractivity contribution < 1.29 is 9.59 Å². The summed E-state index contributed by atoms with van der Waals surface area (Å²) in [5.41, 5.74) is 2.25. The lowest BCUT2D eigenvalue weighted by Crippen LogP contribution is -2.46. The van der Waals surface area contributed by atoms with E-state index in [-0.39, 0.29) is 23.3 Å². The number of carbonyl (C=O) groups excluding carboxylic acids is 2. The van der Waals surface area contributed by atoms with Gasteiger partial charge in [-0.2, -0.15) is 0 Å². The van der Waals surface area contributed by atoms with E-state index in [1.165, 1.54) is 0 Å². The fourth-order valence-electron chi connectivity index (χ4n) is 4.07. The molecule has 3 heterocycles. The van der Waals surface area contributed by atoms with Gasteiger partial charge in [-0.15, -0.1) is 0 Å². The monoisotopic (exact) mass is 414 g/mol. The second-order valence-corrected chi connectivity index (χ2v) is 7.74. The highest BCUT2D eigenvalue weighted by Crippen LogP contribution is 2.37. The molecule has 0 bridgehead atoms. The highest BCUT2D eigenvalue weighted by molar-refractivity contribution is 6.45. The third-order valence-electron chi connectivity index (χ3n) is 5.34. The second kappa shape index (κ2) is 6.50.